The highest BCUT2D eigenvalue weighted by Crippen LogP contribution is 2.37. The van der Waals surface area contributed by atoms with Gasteiger partial charge in [0.25, 0.3) is 0 Å². The van der Waals surface area contributed by atoms with Crippen molar-refractivity contribution >= 4 is 28.5 Å². The molecular formula is C31H35N7O2. The zero-order valence-electron chi connectivity index (χ0n) is 23.5. The van der Waals surface area contributed by atoms with Gasteiger partial charge in [0.05, 0.1) is 11.0 Å². The van der Waals surface area contributed by atoms with E-state index in [1.165, 1.54) is 11.9 Å². The molecule has 3 aromatic heterocycles. The van der Waals surface area contributed by atoms with Gasteiger partial charge in [0.15, 0.2) is 5.82 Å². The van der Waals surface area contributed by atoms with Gasteiger partial charge in [-0.1, -0.05) is 36.4 Å². The molecule has 1 amide bonds. The number of imidazole rings is 1. The Labute approximate surface area is 233 Å². The largest absolute Gasteiger partial charge is 0.444 e. The summed E-state index contributed by atoms with van der Waals surface area (Å²) < 4.78 is 9.68. The van der Waals surface area contributed by atoms with Gasteiger partial charge in [-0.3, -0.25) is 0 Å². The van der Waals surface area contributed by atoms with E-state index in [1.54, 1.807) is 4.90 Å². The third kappa shape index (κ3) is 4.87. The van der Waals surface area contributed by atoms with E-state index in [-0.39, 0.29) is 12.0 Å². The van der Waals surface area contributed by atoms with Crippen LogP contribution in [0, 0.1) is 0 Å². The van der Waals surface area contributed by atoms with Crippen LogP contribution in [-0.4, -0.2) is 53.8 Å². The number of rotatable bonds is 4. The molecule has 2 N–H and O–H groups in total. The van der Waals surface area contributed by atoms with E-state index in [9.17, 15) is 4.79 Å². The molecule has 0 spiro atoms. The number of nitrogens with zero attached hydrogens (tertiary/aromatic N) is 6. The molecule has 5 aromatic rings. The van der Waals surface area contributed by atoms with E-state index < -0.39 is 5.60 Å². The number of nitrogens with two attached hydrogens (primary N) is 1. The van der Waals surface area contributed by atoms with E-state index in [0.717, 1.165) is 58.5 Å². The molecular weight excluding hydrogens is 502 g/mol. The van der Waals surface area contributed by atoms with Crippen LogP contribution in [0.1, 0.15) is 56.6 Å². The Bertz CT molecular complexity index is 1690. The van der Waals surface area contributed by atoms with E-state index >= 15 is 0 Å². The molecule has 1 aliphatic rings. The standard InChI is InChI=1S/C31H35N7O2/c1-31(2,3)40-30(39)37-14-12-21(13-15-37)25-18-23(28-29(32)33-19-34-38(25)28)22-10-11-24-26(17-22)36(4)27(35-24)16-20-8-6-5-7-9-20/h5-11,17-19,21H,12-16H2,1-4H3,(H2,32,33,34). The number of aromatic nitrogens is 5. The van der Waals surface area contributed by atoms with Crippen LogP contribution in [0.4, 0.5) is 10.6 Å². The number of anilines is 1. The lowest BCUT2D eigenvalue weighted by Crippen LogP contribution is -2.41. The number of nitrogen functional groups attached to an aromatic ring is 1. The number of amides is 1. The number of ether oxygens (including phenoxy) is 1. The molecule has 40 heavy (non-hydrogen) atoms. The molecule has 1 aliphatic heterocycles. The molecule has 0 saturated carbocycles. The molecule has 206 valence electrons. The fourth-order valence-electron chi connectivity index (χ4n) is 5.63. The zero-order valence-corrected chi connectivity index (χ0v) is 23.5. The summed E-state index contributed by atoms with van der Waals surface area (Å²) in [5.74, 6) is 1.69. The van der Waals surface area contributed by atoms with E-state index in [0.29, 0.717) is 18.9 Å². The summed E-state index contributed by atoms with van der Waals surface area (Å²) in [5, 5.41) is 4.60. The SMILES string of the molecule is Cn1c(Cc2ccccc2)nc2ccc(-c3cc(C4CCN(C(=O)OC(C)(C)C)CC4)n4ncnc(N)c34)cc21. The van der Waals surface area contributed by atoms with Gasteiger partial charge >= 0.3 is 6.09 Å². The smallest absolute Gasteiger partial charge is 0.410 e. The monoisotopic (exact) mass is 537 g/mol. The van der Waals surface area contributed by atoms with E-state index in [1.807, 2.05) is 31.4 Å². The van der Waals surface area contributed by atoms with Crippen LogP contribution in [0.25, 0.3) is 27.7 Å². The Kier molecular flexibility index (Phi) is 6.44. The average Bonchev–Trinajstić information content (AvgIpc) is 3.47. The lowest BCUT2D eigenvalue weighted by molar-refractivity contribution is 0.0203. The third-order valence-corrected chi connectivity index (χ3v) is 7.66. The number of carbonyl (C=O) groups excluding carboxylic acids is 1. The number of piperidine rings is 1. The maximum atomic E-state index is 12.6. The number of likely N-dealkylation sites (tertiary alicyclic amines) is 1. The number of hydrogen-bond donors (Lipinski definition) is 1. The van der Waals surface area contributed by atoms with Crippen molar-refractivity contribution in [2.75, 3.05) is 18.8 Å². The number of carbonyl (C=O) groups is 1. The highest BCUT2D eigenvalue weighted by molar-refractivity contribution is 5.92. The van der Waals surface area contributed by atoms with Crippen molar-refractivity contribution in [3.8, 4) is 11.1 Å². The van der Waals surface area contributed by atoms with E-state index in [4.69, 9.17) is 15.5 Å². The van der Waals surface area contributed by atoms with Crippen LogP contribution in [0.15, 0.2) is 60.9 Å². The molecule has 9 heteroatoms. The zero-order chi connectivity index (χ0) is 28.0. The predicted molar refractivity (Wildman–Crippen MR) is 156 cm³/mol. The summed E-state index contributed by atoms with van der Waals surface area (Å²) >= 11 is 0. The van der Waals surface area contributed by atoms with Gasteiger partial charge in [0.2, 0.25) is 0 Å². The highest BCUT2D eigenvalue weighted by Gasteiger charge is 2.30. The fraction of sp³-hybridized carbons (Fsp3) is 0.355. The maximum absolute atomic E-state index is 12.6. The minimum atomic E-state index is -0.508. The molecule has 1 saturated heterocycles. The lowest BCUT2D eigenvalue weighted by atomic mass is 9.93. The van der Waals surface area contributed by atoms with Crippen LogP contribution in [0.3, 0.4) is 0 Å². The second kappa shape index (κ2) is 9.97. The van der Waals surface area contributed by atoms with Gasteiger partial charge < -0.3 is 19.9 Å². The van der Waals surface area contributed by atoms with Crippen molar-refractivity contribution in [1.29, 1.82) is 0 Å². The van der Waals surface area contributed by atoms with Gasteiger partial charge in [0.1, 0.15) is 23.3 Å². The quantitative estimate of drug-likeness (QED) is 0.321. The summed E-state index contributed by atoms with van der Waals surface area (Å²) in [6.45, 7) is 6.94. The van der Waals surface area contributed by atoms with Gasteiger partial charge in [-0.05, 0) is 62.9 Å². The summed E-state index contributed by atoms with van der Waals surface area (Å²) in [6.07, 6.45) is 3.65. The average molecular weight is 538 g/mol. The summed E-state index contributed by atoms with van der Waals surface area (Å²) in [7, 11) is 2.07. The van der Waals surface area contributed by atoms with Crippen LogP contribution in [0.5, 0.6) is 0 Å². The minimum absolute atomic E-state index is 0.229. The number of hydrogen-bond acceptors (Lipinski definition) is 6. The Morgan fingerprint density at radius 1 is 1.07 bits per heavy atom. The van der Waals surface area contributed by atoms with E-state index in [2.05, 4.69) is 70.2 Å². The number of benzene rings is 2. The van der Waals surface area contributed by atoms with Gasteiger partial charge in [-0.2, -0.15) is 5.10 Å². The second-order valence-electron chi connectivity index (χ2n) is 11.6. The van der Waals surface area contributed by atoms with Crippen LogP contribution >= 0.6 is 0 Å². The molecule has 0 unspecified atom stereocenters. The van der Waals surface area contributed by atoms with Crippen molar-refractivity contribution in [3.63, 3.8) is 0 Å². The summed E-state index contributed by atoms with van der Waals surface area (Å²) in [5.41, 5.74) is 13.1. The van der Waals surface area contributed by atoms with Crippen molar-refractivity contribution in [2.45, 2.75) is 51.6 Å². The molecule has 9 nitrogen and oxygen atoms in total. The number of fused-ring (bicyclic) bond motifs is 2. The Morgan fingerprint density at radius 3 is 2.55 bits per heavy atom. The first-order valence-electron chi connectivity index (χ1n) is 13.8. The van der Waals surface area contributed by atoms with Crippen LogP contribution in [-0.2, 0) is 18.2 Å². The lowest BCUT2D eigenvalue weighted by Gasteiger charge is -2.33. The topological polar surface area (TPSA) is 104 Å². The first kappa shape index (κ1) is 25.9. The molecule has 4 heterocycles. The molecule has 1 fully saturated rings. The van der Waals surface area contributed by atoms with Gasteiger partial charge in [0, 0.05) is 43.7 Å². The van der Waals surface area contributed by atoms with Crippen molar-refractivity contribution in [1.82, 2.24) is 29.0 Å². The van der Waals surface area contributed by atoms with Gasteiger partial charge in [-0.15, -0.1) is 0 Å². The molecule has 0 radical (unpaired) electrons. The Hall–Kier alpha value is -4.40. The van der Waals surface area contributed by atoms with Crippen molar-refractivity contribution in [2.24, 2.45) is 7.05 Å². The normalized spacial score (nSPS) is 14.8. The predicted octanol–water partition coefficient (Wildman–Crippen LogP) is 5.57. The molecule has 2 aromatic carbocycles. The maximum Gasteiger partial charge on any atom is 0.410 e. The summed E-state index contributed by atoms with van der Waals surface area (Å²) in [4.78, 5) is 23.6. The van der Waals surface area contributed by atoms with Crippen molar-refractivity contribution in [3.05, 3.63) is 78.0 Å². The van der Waals surface area contributed by atoms with Crippen LogP contribution < -0.4 is 5.73 Å². The Morgan fingerprint density at radius 2 is 1.82 bits per heavy atom. The number of aryl methyl sites for hydroxylation is 1. The molecule has 0 atom stereocenters. The first-order valence-corrected chi connectivity index (χ1v) is 13.8. The third-order valence-electron chi connectivity index (χ3n) is 7.66. The summed E-state index contributed by atoms with van der Waals surface area (Å²) in [6, 6.07) is 18.9. The second-order valence-corrected chi connectivity index (χ2v) is 11.6. The fourth-order valence-corrected chi connectivity index (χ4v) is 5.63. The molecule has 6 rings (SSSR count). The highest BCUT2D eigenvalue weighted by atomic mass is 16.6. The van der Waals surface area contributed by atoms with Gasteiger partial charge in [-0.25, -0.2) is 19.3 Å². The van der Waals surface area contributed by atoms with Crippen LogP contribution in [0.2, 0.25) is 0 Å². The Balaban J connectivity index is 1.32. The minimum Gasteiger partial charge on any atom is -0.444 e. The molecule has 0 bridgehead atoms. The molecule has 0 aliphatic carbocycles. The first-order chi connectivity index (χ1) is 19.2. The van der Waals surface area contributed by atoms with Crippen molar-refractivity contribution < 1.29 is 9.53 Å².